The first-order valence-corrected chi connectivity index (χ1v) is 33.2. The van der Waals surface area contributed by atoms with Gasteiger partial charge in [-0.3, -0.25) is 9.59 Å². The molecule has 0 aromatic heterocycles. The summed E-state index contributed by atoms with van der Waals surface area (Å²) in [5.41, 5.74) is 0. The highest BCUT2D eigenvalue weighted by Gasteiger charge is 2.20. The van der Waals surface area contributed by atoms with Crippen LogP contribution in [-0.4, -0.2) is 47.4 Å². The van der Waals surface area contributed by atoms with Crippen LogP contribution < -0.4 is 5.32 Å². The van der Waals surface area contributed by atoms with Gasteiger partial charge in [0.1, 0.15) is 0 Å². The fourth-order valence-electron chi connectivity index (χ4n) is 10.3. The summed E-state index contributed by atoms with van der Waals surface area (Å²) >= 11 is 0. The molecule has 0 aromatic rings. The Morgan fingerprint density at radius 2 is 0.676 bits per heavy atom. The average molecular weight is 1040 g/mol. The van der Waals surface area contributed by atoms with Crippen molar-refractivity contribution in [3.05, 3.63) is 36.5 Å². The van der Waals surface area contributed by atoms with Crippen LogP contribution in [0.4, 0.5) is 0 Å². The van der Waals surface area contributed by atoms with Crippen molar-refractivity contribution in [3.63, 3.8) is 0 Å². The standard InChI is InChI=1S/C68H129NO5/c1-3-5-7-9-11-13-15-16-34-38-42-46-50-54-58-62-68(73)74-63-59-55-51-47-43-39-36-33-31-29-27-25-23-21-19-17-18-20-22-24-26-28-30-32-35-37-41-45-49-53-57-61-67(72)69-65(64-70)66(71)60-56-52-48-44-40-14-12-10-8-6-4-2/h11,13,16,19,21,34,65-66,70-71H,3-10,12,14-15,17-18,20,22-33,35-64H2,1-2H3,(H,69,72)/b13-11-,21-19-,34-16-. The van der Waals surface area contributed by atoms with Crippen molar-refractivity contribution < 1.29 is 24.5 Å². The third-order valence-electron chi connectivity index (χ3n) is 15.4. The summed E-state index contributed by atoms with van der Waals surface area (Å²) < 4.78 is 5.48. The van der Waals surface area contributed by atoms with Gasteiger partial charge >= 0.3 is 5.97 Å². The summed E-state index contributed by atoms with van der Waals surface area (Å²) in [5, 5.41) is 23.2. The van der Waals surface area contributed by atoms with Crippen LogP contribution in [0.3, 0.4) is 0 Å². The van der Waals surface area contributed by atoms with E-state index in [1.165, 1.54) is 276 Å². The van der Waals surface area contributed by atoms with Crippen molar-refractivity contribution in [3.8, 4) is 0 Å². The maximum absolute atomic E-state index is 12.5. The average Bonchev–Trinajstić information content (AvgIpc) is 3.40. The van der Waals surface area contributed by atoms with E-state index in [1.54, 1.807) is 0 Å². The van der Waals surface area contributed by atoms with E-state index < -0.39 is 12.1 Å². The largest absolute Gasteiger partial charge is 0.466 e. The van der Waals surface area contributed by atoms with Crippen LogP contribution >= 0.6 is 0 Å². The van der Waals surface area contributed by atoms with E-state index in [4.69, 9.17) is 4.74 Å². The number of ether oxygens (including phenoxy) is 1. The minimum atomic E-state index is -0.661. The molecule has 0 aromatic carbocycles. The molecule has 2 atom stereocenters. The molecule has 0 heterocycles. The third-order valence-corrected chi connectivity index (χ3v) is 15.4. The zero-order valence-corrected chi connectivity index (χ0v) is 49.8. The molecule has 74 heavy (non-hydrogen) atoms. The van der Waals surface area contributed by atoms with E-state index in [-0.39, 0.29) is 18.5 Å². The monoisotopic (exact) mass is 1040 g/mol. The highest BCUT2D eigenvalue weighted by Crippen LogP contribution is 2.18. The Bertz CT molecular complexity index is 1200. The van der Waals surface area contributed by atoms with Gasteiger partial charge in [0.2, 0.25) is 5.91 Å². The van der Waals surface area contributed by atoms with E-state index in [9.17, 15) is 19.8 Å². The summed E-state index contributed by atoms with van der Waals surface area (Å²) in [6, 6.07) is -0.538. The third kappa shape index (κ3) is 59.3. The highest BCUT2D eigenvalue weighted by molar-refractivity contribution is 5.76. The molecule has 1 amide bonds. The highest BCUT2D eigenvalue weighted by atomic mass is 16.5. The molecule has 0 aliphatic heterocycles. The van der Waals surface area contributed by atoms with Crippen molar-refractivity contribution >= 4 is 11.9 Å². The number of hydrogen-bond donors (Lipinski definition) is 3. The number of nitrogens with one attached hydrogen (secondary N) is 1. The minimum Gasteiger partial charge on any atom is -0.466 e. The summed E-state index contributed by atoms with van der Waals surface area (Å²) in [4.78, 5) is 24.5. The summed E-state index contributed by atoms with van der Waals surface area (Å²) in [5.74, 6) is -0.0291. The first-order valence-electron chi connectivity index (χ1n) is 33.2. The molecule has 0 bridgehead atoms. The van der Waals surface area contributed by atoms with Crippen LogP contribution in [0.5, 0.6) is 0 Å². The van der Waals surface area contributed by atoms with E-state index in [1.807, 2.05) is 0 Å². The first kappa shape index (κ1) is 72.1. The molecule has 0 saturated heterocycles. The van der Waals surface area contributed by atoms with Crippen molar-refractivity contribution in [1.29, 1.82) is 0 Å². The Labute approximate surface area is 462 Å². The number of aliphatic hydroxyl groups excluding tert-OH is 2. The zero-order chi connectivity index (χ0) is 53.6. The topological polar surface area (TPSA) is 95.9 Å². The van der Waals surface area contributed by atoms with Gasteiger partial charge in [-0.2, -0.15) is 0 Å². The zero-order valence-electron chi connectivity index (χ0n) is 49.8. The van der Waals surface area contributed by atoms with Gasteiger partial charge in [-0.15, -0.1) is 0 Å². The van der Waals surface area contributed by atoms with Crippen molar-refractivity contribution in [1.82, 2.24) is 5.32 Å². The Hall–Kier alpha value is -1.92. The second-order valence-electron chi connectivity index (χ2n) is 22.8. The molecule has 0 rings (SSSR count). The molecular formula is C68H129NO5. The molecule has 0 fully saturated rings. The van der Waals surface area contributed by atoms with Gasteiger partial charge in [0.15, 0.2) is 0 Å². The number of rotatable bonds is 62. The molecule has 0 radical (unpaired) electrons. The molecule has 0 saturated carbocycles. The SMILES string of the molecule is CCCCC/C=C\C/C=C\CCCCCCCC(=O)OCCCCCCCCCCCCCC/C=C\CCCCCCCCCCCCCCCCCC(=O)NC(CO)C(O)CCCCCCCCCCCCC. The smallest absolute Gasteiger partial charge is 0.305 e. The van der Waals surface area contributed by atoms with E-state index in [2.05, 4.69) is 55.6 Å². The molecule has 2 unspecified atom stereocenters. The molecule has 0 aliphatic rings. The predicted molar refractivity (Wildman–Crippen MR) is 324 cm³/mol. The lowest BCUT2D eigenvalue weighted by Gasteiger charge is -2.22. The molecule has 0 aliphatic carbocycles. The number of carbonyl (C=O) groups excluding carboxylic acids is 2. The van der Waals surface area contributed by atoms with Gasteiger partial charge < -0.3 is 20.3 Å². The molecule has 0 spiro atoms. The number of allylic oxidation sites excluding steroid dienone is 6. The lowest BCUT2D eigenvalue weighted by atomic mass is 10.0. The van der Waals surface area contributed by atoms with Gasteiger partial charge in [-0.1, -0.05) is 301 Å². The van der Waals surface area contributed by atoms with Crippen molar-refractivity contribution in [2.24, 2.45) is 0 Å². The number of carbonyl (C=O) groups is 2. The predicted octanol–water partition coefficient (Wildman–Crippen LogP) is 21.1. The van der Waals surface area contributed by atoms with Crippen LogP contribution in [0.25, 0.3) is 0 Å². The van der Waals surface area contributed by atoms with E-state index in [0.29, 0.717) is 25.9 Å². The van der Waals surface area contributed by atoms with Crippen LogP contribution in [0.2, 0.25) is 0 Å². The number of esters is 1. The van der Waals surface area contributed by atoms with Gasteiger partial charge in [-0.05, 0) is 83.5 Å². The minimum absolute atomic E-state index is 0.00369. The molecule has 6 heteroatoms. The molecule has 6 nitrogen and oxygen atoms in total. The normalized spacial score (nSPS) is 12.8. The molecule has 3 N–H and O–H groups in total. The van der Waals surface area contributed by atoms with Gasteiger partial charge in [0.05, 0.1) is 25.4 Å². The van der Waals surface area contributed by atoms with E-state index in [0.717, 1.165) is 51.4 Å². The number of aliphatic hydroxyl groups is 2. The van der Waals surface area contributed by atoms with Crippen LogP contribution in [0, 0.1) is 0 Å². The Morgan fingerprint density at radius 3 is 1.07 bits per heavy atom. The summed E-state index contributed by atoms with van der Waals surface area (Å²) in [7, 11) is 0. The maximum Gasteiger partial charge on any atom is 0.305 e. The molecular weight excluding hydrogens is 911 g/mol. The Kier molecular flexibility index (Phi) is 62.0. The maximum atomic E-state index is 12.5. The second kappa shape index (κ2) is 63.6. The second-order valence-corrected chi connectivity index (χ2v) is 22.8. The van der Waals surface area contributed by atoms with Crippen LogP contribution in [-0.2, 0) is 14.3 Å². The molecule has 436 valence electrons. The number of hydrogen-bond acceptors (Lipinski definition) is 5. The van der Waals surface area contributed by atoms with Gasteiger partial charge in [0, 0.05) is 12.8 Å². The lowest BCUT2D eigenvalue weighted by Crippen LogP contribution is -2.45. The Balaban J connectivity index is 3.34. The number of amides is 1. The lowest BCUT2D eigenvalue weighted by molar-refractivity contribution is -0.143. The van der Waals surface area contributed by atoms with E-state index >= 15 is 0 Å². The summed E-state index contributed by atoms with van der Waals surface area (Å²) in [6.45, 7) is 4.93. The first-order chi connectivity index (χ1) is 36.5. The van der Waals surface area contributed by atoms with Crippen LogP contribution in [0.1, 0.15) is 361 Å². The Morgan fingerprint density at radius 1 is 0.378 bits per heavy atom. The van der Waals surface area contributed by atoms with Gasteiger partial charge in [-0.25, -0.2) is 0 Å². The van der Waals surface area contributed by atoms with Crippen LogP contribution in [0.15, 0.2) is 36.5 Å². The van der Waals surface area contributed by atoms with Crippen molar-refractivity contribution in [2.75, 3.05) is 13.2 Å². The number of unbranched alkanes of at least 4 members (excludes halogenated alkanes) is 45. The quantitative estimate of drug-likeness (QED) is 0.0320. The fourth-order valence-corrected chi connectivity index (χ4v) is 10.3. The fraction of sp³-hybridized carbons (Fsp3) is 0.882. The summed E-state index contributed by atoms with van der Waals surface area (Å²) in [6.07, 6.45) is 80.4. The van der Waals surface area contributed by atoms with Crippen molar-refractivity contribution in [2.45, 2.75) is 373 Å². The van der Waals surface area contributed by atoms with Gasteiger partial charge in [0.25, 0.3) is 0 Å².